The van der Waals surface area contributed by atoms with Crippen LogP contribution in [0.2, 0.25) is 5.02 Å². The average Bonchev–Trinajstić information content (AvgIpc) is 3.08. The van der Waals surface area contributed by atoms with Crippen molar-refractivity contribution in [2.45, 2.75) is 11.9 Å². The van der Waals surface area contributed by atoms with E-state index in [1.165, 1.54) is 0 Å². The molecule has 5 nitrogen and oxygen atoms in total. The van der Waals surface area contributed by atoms with Crippen LogP contribution >= 0.6 is 27.5 Å². The molecule has 0 aliphatic rings. The Morgan fingerprint density at radius 3 is 1.53 bits per heavy atom. The number of methoxy groups -OCH3 is 2. The number of benzene rings is 5. The molecule has 5 aromatic rings. The second-order valence-corrected chi connectivity index (χ2v) is 10.3. The van der Waals surface area contributed by atoms with Crippen molar-refractivity contribution in [1.82, 2.24) is 0 Å². The lowest BCUT2D eigenvalue weighted by Gasteiger charge is -2.12. The quantitative estimate of drug-likeness (QED) is 0.111. The fourth-order valence-corrected chi connectivity index (χ4v) is 4.83. The van der Waals surface area contributed by atoms with Gasteiger partial charge in [0.05, 0.1) is 14.2 Å². The van der Waals surface area contributed by atoms with Crippen molar-refractivity contribution in [2.75, 3.05) is 14.2 Å². The maximum atomic E-state index is 12.6. The molecule has 0 spiro atoms. The summed E-state index contributed by atoms with van der Waals surface area (Å²) in [6.07, 6.45) is 0. The predicted octanol–water partition coefficient (Wildman–Crippen LogP) is 8.98. The molecule has 7 heteroatoms. The first-order chi connectivity index (χ1) is 20.9. The van der Waals surface area contributed by atoms with Gasteiger partial charge in [-0.25, -0.2) is 0 Å². The van der Waals surface area contributed by atoms with Gasteiger partial charge < -0.3 is 14.2 Å². The van der Waals surface area contributed by atoms with E-state index < -0.39 is 0 Å². The molecule has 0 radical (unpaired) electrons. The highest BCUT2D eigenvalue weighted by Gasteiger charge is 2.13. The van der Waals surface area contributed by atoms with Gasteiger partial charge in [-0.15, -0.1) is 0 Å². The van der Waals surface area contributed by atoms with Gasteiger partial charge in [-0.1, -0.05) is 88.2 Å². The predicted molar refractivity (Wildman–Crippen MR) is 174 cm³/mol. The fourth-order valence-electron chi connectivity index (χ4n) is 4.26. The number of ether oxygens (including phenoxy) is 3. The van der Waals surface area contributed by atoms with Gasteiger partial charge in [-0.3, -0.25) is 9.59 Å². The summed E-state index contributed by atoms with van der Waals surface area (Å²) in [7, 11) is 3.22. The molecule has 218 valence electrons. The lowest BCUT2D eigenvalue weighted by molar-refractivity contribution is 0.103. The van der Waals surface area contributed by atoms with Gasteiger partial charge in [-0.2, -0.15) is 0 Å². The Labute approximate surface area is 265 Å². The van der Waals surface area contributed by atoms with Crippen LogP contribution in [0.4, 0.5) is 0 Å². The molecular weight excluding hydrogens is 628 g/mol. The van der Waals surface area contributed by atoms with Crippen molar-refractivity contribution >= 4 is 39.1 Å². The van der Waals surface area contributed by atoms with Crippen molar-refractivity contribution in [1.29, 1.82) is 0 Å². The lowest BCUT2D eigenvalue weighted by Crippen LogP contribution is -2.05. The summed E-state index contributed by atoms with van der Waals surface area (Å²) in [4.78, 5) is 24.9. The van der Waals surface area contributed by atoms with E-state index >= 15 is 0 Å². The molecule has 0 heterocycles. The Morgan fingerprint density at radius 1 is 0.605 bits per heavy atom. The van der Waals surface area contributed by atoms with Gasteiger partial charge in [0.25, 0.3) is 0 Å². The number of ketones is 2. The summed E-state index contributed by atoms with van der Waals surface area (Å²) in [5, 5.41) is 1.31. The van der Waals surface area contributed by atoms with Crippen molar-refractivity contribution in [2.24, 2.45) is 0 Å². The summed E-state index contributed by atoms with van der Waals surface area (Å²) in [6.45, 7) is 0.292. The van der Waals surface area contributed by atoms with E-state index in [2.05, 4.69) is 15.9 Å². The van der Waals surface area contributed by atoms with Gasteiger partial charge in [0.15, 0.2) is 11.6 Å². The van der Waals surface area contributed by atoms with E-state index in [0.717, 1.165) is 16.9 Å². The average molecular weight is 658 g/mol. The van der Waals surface area contributed by atoms with Crippen LogP contribution in [0.3, 0.4) is 0 Å². The normalized spacial score (nSPS) is 10.2. The SMILES string of the molecule is COc1ccc(C(=O)c2ccccc2)cc1CBr.COc1ccc(C(=O)c2ccccc2)cc1COc1ccc(Cl)cc1. The van der Waals surface area contributed by atoms with Crippen LogP contribution in [-0.2, 0) is 11.9 Å². The molecule has 0 atom stereocenters. The highest BCUT2D eigenvalue weighted by atomic mass is 79.9. The van der Waals surface area contributed by atoms with Crippen LogP contribution in [0.15, 0.2) is 121 Å². The lowest BCUT2D eigenvalue weighted by atomic mass is 10.0. The monoisotopic (exact) mass is 656 g/mol. The minimum Gasteiger partial charge on any atom is -0.496 e. The van der Waals surface area contributed by atoms with E-state index in [-0.39, 0.29) is 11.6 Å². The maximum Gasteiger partial charge on any atom is 0.193 e. The molecule has 5 aromatic carbocycles. The molecule has 0 aliphatic heterocycles. The van der Waals surface area contributed by atoms with Gasteiger partial charge in [0.1, 0.15) is 23.9 Å². The summed E-state index contributed by atoms with van der Waals surface area (Å²) >= 11 is 9.27. The first kappa shape index (κ1) is 31.5. The van der Waals surface area contributed by atoms with Gasteiger partial charge in [-0.05, 0) is 60.7 Å². The minimum atomic E-state index is -0.0315. The van der Waals surface area contributed by atoms with Crippen LogP contribution in [0, 0.1) is 0 Å². The molecule has 43 heavy (non-hydrogen) atoms. The summed E-state index contributed by atoms with van der Waals surface area (Å²) in [6, 6.07) is 36.4. The van der Waals surface area contributed by atoms with E-state index in [9.17, 15) is 9.59 Å². The van der Waals surface area contributed by atoms with Crippen LogP contribution in [0.1, 0.15) is 43.0 Å². The van der Waals surface area contributed by atoms with Crippen LogP contribution in [-0.4, -0.2) is 25.8 Å². The molecule has 0 aliphatic carbocycles. The number of hydrogen-bond acceptors (Lipinski definition) is 5. The van der Waals surface area contributed by atoms with E-state index in [4.69, 9.17) is 25.8 Å². The third-order valence-corrected chi connectivity index (χ3v) is 7.37. The fraction of sp³-hybridized carbons (Fsp3) is 0.111. The van der Waals surface area contributed by atoms with Crippen LogP contribution in [0.25, 0.3) is 0 Å². The third kappa shape index (κ3) is 8.57. The largest absolute Gasteiger partial charge is 0.496 e. The zero-order chi connectivity index (χ0) is 30.6. The van der Waals surface area contributed by atoms with Crippen LogP contribution in [0.5, 0.6) is 17.2 Å². The number of rotatable bonds is 10. The van der Waals surface area contributed by atoms with Crippen molar-refractivity contribution in [3.63, 3.8) is 0 Å². The third-order valence-electron chi connectivity index (χ3n) is 6.51. The number of carbonyl (C=O) groups is 2. The number of carbonyl (C=O) groups excluding carboxylic acids is 2. The smallest absolute Gasteiger partial charge is 0.193 e. The number of halogens is 2. The number of alkyl halides is 1. The zero-order valence-corrected chi connectivity index (χ0v) is 26.1. The maximum absolute atomic E-state index is 12.6. The zero-order valence-electron chi connectivity index (χ0n) is 23.8. The van der Waals surface area contributed by atoms with Crippen molar-refractivity contribution in [3.8, 4) is 17.2 Å². The highest BCUT2D eigenvalue weighted by molar-refractivity contribution is 9.08. The standard InChI is InChI=1S/C21H17ClO3.C15H13BrO2/c1-24-20-12-7-16(21(23)15-5-3-2-4-6-15)13-17(20)14-25-19-10-8-18(22)9-11-19;1-18-14-8-7-12(9-13(14)10-16)15(17)11-5-3-2-4-6-11/h2-13H,14H2,1H3;2-9H,10H2,1H3. The van der Waals surface area contributed by atoms with Crippen molar-refractivity contribution < 1.29 is 23.8 Å². The van der Waals surface area contributed by atoms with E-state index in [1.807, 2.05) is 66.7 Å². The van der Waals surface area contributed by atoms with Gasteiger partial charge >= 0.3 is 0 Å². The summed E-state index contributed by atoms with van der Waals surface area (Å²) < 4.78 is 16.4. The van der Waals surface area contributed by atoms with Gasteiger partial charge in [0.2, 0.25) is 0 Å². The number of hydrogen-bond donors (Lipinski definition) is 0. The Morgan fingerprint density at radius 2 is 1.07 bits per heavy atom. The molecule has 0 N–H and O–H groups in total. The summed E-state index contributed by atoms with van der Waals surface area (Å²) in [5.74, 6) is 2.16. The molecule has 0 amide bonds. The first-order valence-corrected chi connectivity index (χ1v) is 14.9. The van der Waals surface area contributed by atoms with E-state index in [0.29, 0.717) is 50.7 Å². The molecule has 0 unspecified atom stereocenters. The molecule has 0 fully saturated rings. The molecule has 0 saturated carbocycles. The second kappa shape index (κ2) is 15.7. The Hall–Kier alpha value is -4.39. The Bertz CT molecular complexity index is 1660. The first-order valence-electron chi connectivity index (χ1n) is 13.4. The second-order valence-electron chi connectivity index (χ2n) is 9.32. The molecule has 0 saturated heterocycles. The summed E-state index contributed by atoms with van der Waals surface area (Å²) in [5.41, 5.74) is 4.40. The molecule has 0 bridgehead atoms. The van der Waals surface area contributed by atoms with Crippen LogP contribution < -0.4 is 14.2 Å². The Balaban J connectivity index is 0.000000208. The molecular formula is C36H30BrClO5. The molecule has 0 aromatic heterocycles. The van der Waals surface area contributed by atoms with Crippen molar-refractivity contribution in [3.05, 3.63) is 160 Å². The topological polar surface area (TPSA) is 61.8 Å². The Kier molecular flexibility index (Phi) is 11.5. The van der Waals surface area contributed by atoms with E-state index in [1.54, 1.807) is 68.8 Å². The molecule has 5 rings (SSSR count). The highest BCUT2D eigenvalue weighted by Crippen LogP contribution is 2.25. The minimum absolute atomic E-state index is 0.0282. The van der Waals surface area contributed by atoms with Gasteiger partial charge in [0, 0.05) is 43.7 Å².